The second-order valence-electron chi connectivity index (χ2n) is 8.62. The number of benzene rings is 2. The highest BCUT2D eigenvalue weighted by atomic mass is 19.4. The number of carbonyl (C=O) groups is 1. The molecule has 1 aliphatic heterocycles. The predicted molar refractivity (Wildman–Crippen MR) is 113 cm³/mol. The maximum absolute atomic E-state index is 13.8. The minimum atomic E-state index is -4.54. The molecule has 2 N–H and O–H groups in total. The van der Waals surface area contributed by atoms with Gasteiger partial charge in [0.15, 0.2) is 0 Å². The number of hydrogen-bond donors (Lipinski definition) is 1. The van der Waals surface area contributed by atoms with Crippen molar-refractivity contribution in [1.82, 2.24) is 0 Å². The van der Waals surface area contributed by atoms with Crippen LogP contribution in [0.4, 0.5) is 18.9 Å². The summed E-state index contributed by atoms with van der Waals surface area (Å²) >= 11 is 0. The van der Waals surface area contributed by atoms with Crippen LogP contribution in [0.25, 0.3) is 0 Å². The number of nitrogens with two attached hydrogens (primary N) is 1. The monoisotopic (exact) mass is 432 g/mol. The molecule has 2 aliphatic rings. The standard InChI is InChI=1S/C24H27F3N2O2/c1-15-8-18(9-15)17-4-2-5-19(12-17)29-13-21-20(23(29)30)10-16(14-31-7-3-6-28)11-22(21)24(25,26)27/h2,4-5,10-12,15,18H,3,6-9,13-14,28H2,1H3. The Balaban J connectivity index is 1.62. The van der Waals surface area contributed by atoms with Gasteiger partial charge in [-0.1, -0.05) is 19.1 Å². The average Bonchev–Trinajstić information content (AvgIpc) is 3.04. The van der Waals surface area contributed by atoms with Crippen LogP contribution in [0.1, 0.15) is 64.7 Å². The Kier molecular flexibility index (Phi) is 6.08. The van der Waals surface area contributed by atoms with Crippen molar-refractivity contribution in [1.29, 1.82) is 0 Å². The lowest BCUT2D eigenvalue weighted by atomic mass is 9.72. The highest BCUT2D eigenvalue weighted by Gasteiger charge is 2.40. The minimum Gasteiger partial charge on any atom is -0.377 e. The van der Waals surface area contributed by atoms with Crippen molar-refractivity contribution >= 4 is 11.6 Å². The molecule has 1 aliphatic carbocycles. The van der Waals surface area contributed by atoms with Gasteiger partial charge in [0.05, 0.1) is 18.7 Å². The fourth-order valence-corrected chi connectivity index (χ4v) is 4.51. The second kappa shape index (κ2) is 8.63. The molecule has 1 heterocycles. The molecule has 0 bridgehead atoms. The molecule has 7 heteroatoms. The molecule has 166 valence electrons. The van der Waals surface area contributed by atoms with Gasteiger partial charge in [-0.2, -0.15) is 13.2 Å². The van der Waals surface area contributed by atoms with Gasteiger partial charge in [-0.25, -0.2) is 0 Å². The number of halogens is 3. The van der Waals surface area contributed by atoms with Crippen molar-refractivity contribution in [3.63, 3.8) is 0 Å². The average molecular weight is 432 g/mol. The van der Waals surface area contributed by atoms with Gasteiger partial charge in [-0.05, 0) is 78.6 Å². The number of fused-ring (bicyclic) bond motifs is 1. The van der Waals surface area contributed by atoms with Crippen LogP contribution < -0.4 is 10.6 Å². The first-order valence-corrected chi connectivity index (χ1v) is 10.7. The number of nitrogens with zero attached hydrogens (tertiary/aromatic N) is 1. The van der Waals surface area contributed by atoms with E-state index in [1.807, 2.05) is 18.2 Å². The van der Waals surface area contributed by atoms with E-state index in [2.05, 4.69) is 6.92 Å². The minimum absolute atomic E-state index is 0.0129. The van der Waals surface area contributed by atoms with Crippen molar-refractivity contribution in [2.24, 2.45) is 11.7 Å². The van der Waals surface area contributed by atoms with Crippen molar-refractivity contribution < 1.29 is 22.7 Å². The lowest BCUT2D eigenvalue weighted by Crippen LogP contribution is -2.24. The van der Waals surface area contributed by atoms with Crippen LogP contribution in [0.15, 0.2) is 36.4 Å². The van der Waals surface area contributed by atoms with E-state index in [0.717, 1.165) is 24.5 Å². The molecule has 0 unspecified atom stereocenters. The molecule has 2 aromatic carbocycles. The van der Waals surface area contributed by atoms with E-state index in [0.29, 0.717) is 42.7 Å². The third-order valence-corrected chi connectivity index (χ3v) is 6.20. The molecule has 0 spiro atoms. The largest absolute Gasteiger partial charge is 0.416 e. The molecule has 0 atom stereocenters. The van der Waals surface area contributed by atoms with Crippen LogP contribution in [0, 0.1) is 5.92 Å². The number of carbonyl (C=O) groups excluding carboxylic acids is 1. The highest BCUT2D eigenvalue weighted by Crippen LogP contribution is 2.43. The predicted octanol–water partition coefficient (Wildman–Crippen LogP) is 5.24. The molecule has 31 heavy (non-hydrogen) atoms. The zero-order valence-electron chi connectivity index (χ0n) is 17.5. The summed E-state index contributed by atoms with van der Waals surface area (Å²) < 4.78 is 46.8. The first-order valence-electron chi connectivity index (χ1n) is 10.7. The topological polar surface area (TPSA) is 55.6 Å². The molecule has 4 rings (SSSR count). The number of hydrogen-bond acceptors (Lipinski definition) is 3. The Hall–Kier alpha value is -2.38. The third kappa shape index (κ3) is 4.48. The van der Waals surface area contributed by atoms with Crippen LogP contribution >= 0.6 is 0 Å². The maximum Gasteiger partial charge on any atom is 0.416 e. The zero-order chi connectivity index (χ0) is 22.2. The molecule has 1 saturated carbocycles. The van der Waals surface area contributed by atoms with Gasteiger partial charge in [0.25, 0.3) is 5.91 Å². The Morgan fingerprint density at radius 2 is 1.97 bits per heavy atom. The van der Waals surface area contributed by atoms with Crippen LogP contribution in [0.5, 0.6) is 0 Å². The number of amides is 1. The van der Waals surface area contributed by atoms with Gasteiger partial charge in [0.2, 0.25) is 0 Å². The fourth-order valence-electron chi connectivity index (χ4n) is 4.51. The molecule has 0 saturated heterocycles. The molecular weight excluding hydrogens is 405 g/mol. The van der Waals surface area contributed by atoms with Crippen LogP contribution in [-0.4, -0.2) is 19.1 Å². The fraction of sp³-hybridized carbons (Fsp3) is 0.458. The number of ether oxygens (including phenoxy) is 1. The Morgan fingerprint density at radius 3 is 2.65 bits per heavy atom. The van der Waals surface area contributed by atoms with Crippen molar-refractivity contribution in [2.45, 2.75) is 51.4 Å². The van der Waals surface area contributed by atoms with Gasteiger partial charge < -0.3 is 15.4 Å². The molecule has 2 aromatic rings. The highest BCUT2D eigenvalue weighted by molar-refractivity contribution is 6.10. The van der Waals surface area contributed by atoms with Crippen LogP contribution in [0.3, 0.4) is 0 Å². The van der Waals surface area contributed by atoms with Gasteiger partial charge in [-0.3, -0.25) is 4.79 Å². The van der Waals surface area contributed by atoms with Crippen molar-refractivity contribution in [3.8, 4) is 0 Å². The smallest absolute Gasteiger partial charge is 0.377 e. The third-order valence-electron chi connectivity index (χ3n) is 6.20. The second-order valence-corrected chi connectivity index (χ2v) is 8.62. The molecular formula is C24H27F3N2O2. The van der Waals surface area contributed by atoms with E-state index in [4.69, 9.17) is 10.5 Å². The number of anilines is 1. The van der Waals surface area contributed by atoms with Crippen molar-refractivity contribution in [2.75, 3.05) is 18.1 Å². The number of rotatable bonds is 7. The van der Waals surface area contributed by atoms with E-state index >= 15 is 0 Å². The first kappa shape index (κ1) is 21.8. The lowest BCUT2D eigenvalue weighted by molar-refractivity contribution is -0.138. The molecule has 1 amide bonds. The van der Waals surface area contributed by atoms with E-state index < -0.39 is 17.6 Å². The summed E-state index contributed by atoms with van der Waals surface area (Å²) in [6, 6.07) is 10.3. The lowest BCUT2D eigenvalue weighted by Gasteiger charge is -2.33. The van der Waals surface area contributed by atoms with E-state index in [9.17, 15) is 18.0 Å². The molecule has 0 radical (unpaired) electrons. The Labute approximate surface area is 180 Å². The summed E-state index contributed by atoms with van der Waals surface area (Å²) in [5.41, 5.74) is 6.93. The zero-order valence-corrected chi connectivity index (χ0v) is 17.5. The normalized spacial score (nSPS) is 20.7. The summed E-state index contributed by atoms with van der Waals surface area (Å²) in [5.74, 6) is 0.743. The summed E-state index contributed by atoms with van der Waals surface area (Å²) in [4.78, 5) is 14.6. The summed E-state index contributed by atoms with van der Waals surface area (Å²) in [6.45, 7) is 2.95. The summed E-state index contributed by atoms with van der Waals surface area (Å²) in [7, 11) is 0. The van der Waals surface area contributed by atoms with Crippen LogP contribution in [0.2, 0.25) is 0 Å². The molecule has 0 aromatic heterocycles. The van der Waals surface area contributed by atoms with Crippen molar-refractivity contribution in [3.05, 3.63) is 64.2 Å². The van der Waals surface area contributed by atoms with Gasteiger partial charge >= 0.3 is 6.18 Å². The molecule has 1 fully saturated rings. The Bertz CT molecular complexity index is 968. The van der Waals surface area contributed by atoms with Gasteiger partial charge in [0, 0.05) is 17.9 Å². The Morgan fingerprint density at radius 1 is 1.19 bits per heavy atom. The van der Waals surface area contributed by atoms with E-state index in [1.54, 1.807) is 6.07 Å². The SMILES string of the molecule is CC1CC(c2cccc(N3Cc4c(cc(COCCCN)cc4C(F)(F)F)C3=O)c2)C1. The quantitative estimate of drug-likeness (QED) is 0.609. The maximum atomic E-state index is 13.8. The molecule has 4 nitrogen and oxygen atoms in total. The summed E-state index contributed by atoms with van der Waals surface area (Å²) in [6.07, 6.45) is -1.72. The number of alkyl halides is 3. The van der Waals surface area contributed by atoms with E-state index in [1.165, 1.54) is 11.0 Å². The summed E-state index contributed by atoms with van der Waals surface area (Å²) in [5, 5.41) is 0. The van der Waals surface area contributed by atoms with Crippen LogP contribution in [-0.2, 0) is 24.1 Å². The van der Waals surface area contributed by atoms with Gasteiger partial charge in [-0.15, -0.1) is 0 Å². The first-order chi connectivity index (χ1) is 14.8. The van der Waals surface area contributed by atoms with E-state index in [-0.39, 0.29) is 24.3 Å². The van der Waals surface area contributed by atoms with Gasteiger partial charge in [0.1, 0.15) is 0 Å².